The van der Waals surface area contributed by atoms with Crippen LogP contribution in [0.5, 0.6) is 0 Å². The zero-order valence-electron chi connectivity index (χ0n) is 8.79. The van der Waals surface area contributed by atoms with Crippen LogP contribution in [0.15, 0.2) is 38.6 Å². The number of thiophene rings is 1. The molecule has 0 aliphatic rings. The molecule has 1 heterocycles. The second kappa shape index (κ2) is 5.85. The summed E-state index contributed by atoms with van der Waals surface area (Å²) in [6.07, 6.45) is 0.838. The van der Waals surface area contributed by atoms with Crippen LogP contribution >= 0.6 is 54.8 Å². The van der Waals surface area contributed by atoms with Gasteiger partial charge in [-0.05, 0) is 61.7 Å². The lowest BCUT2D eigenvalue weighted by atomic mass is 10.0. The summed E-state index contributed by atoms with van der Waals surface area (Å²) in [6, 6.07) is 9.96. The van der Waals surface area contributed by atoms with Crippen LogP contribution < -0.4 is 5.73 Å². The highest BCUT2D eigenvalue weighted by Crippen LogP contribution is 2.29. The van der Waals surface area contributed by atoms with Gasteiger partial charge in [-0.3, -0.25) is 0 Å². The van der Waals surface area contributed by atoms with E-state index in [1.54, 1.807) is 11.3 Å². The Morgan fingerprint density at radius 2 is 2.00 bits per heavy atom. The number of halogens is 3. The molecule has 0 aliphatic heterocycles. The molecule has 0 saturated heterocycles. The molecular formula is C12H10Br2ClNS. The second-order valence-electron chi connectivity index (χ2n) is 3.69. The van der Waals surface area contributed by atoms with Crippen LogP contribution in [-0.4, -0.2) is 0 Å². The molecule has 1 atom stereocenters. The fraction of sp³-hybridized carbons (Fsp3) is 0.167. The van der Waals surface area contributed by atoms with E-state index < -0.39 is 0 Å². The molecule has 0 saturated carbocycles. The Kier molecular flexibility index (Phi) is 4.66. The van der Waals surface area contributed by atoms with E-state index in [1.807, 2.05) is 24.3 Å². The van der Waals surface area contributed by atoms with E-state index in [2.05, 4.69) is 37.9 Å². The molecule has 0 spiro atoms. The molecule has 17 heavy (non-hydrogen) atoms. The first kappa shape index (κ1) is 13.6. The molecule has 2 aromatic rings. The molecule has 1 unspecified atom stereocenters. The number of rotatable bonds is 3. The quantitative estimate of drug-likeness (QED) is 0.762. The van der Waals surface area contributed by atoms with E-state index in [0.717, 1.165) is 20.2 Å². The summed E-state index contributed by atoms with van der Waals surface area (Å²) in [5, 5.41) is 0.708. The molecule has 2 rings (SSSR count). The van der Waals surface area contributed by atoms with E-state index in [4.69, 9.17) is 17.3 Å². The lowest BCUT2D eigenvalue weighted by Gasteiger charge is -2.11. The minimum atomic E-state index is -0.00545. The zero-order valence-corrected chi connectivity index (χ0v) is 13.5. The van der Waals surface area contributed by atoms with Gasteiger partial charge in [0.25, 0.3) is 0 Å². The van der Waals surface area contributed by atoms with Crippen LogP contribution in [-0.2, 0) is 6.42 Å². The third-order valence-electron chi connectivity index (χ3n) is 2.42. The van der Waals surface area contributed by atoms with Crippen molar-refractivity contribution in [2.45, 2.75) is 12.5 Å². The molecule has 1 aromatic heterocycles. The average molecular weight is 396 g/mol. The van der Waals surface area contributed by atoms with Gasteiger partial charge in [0, 0.05) is 21.8 Å². The minimum absolute atomic E-state index is 0.00545. The predicted molar refractivity (Wildman–Crippen MR) is 81.8 cm³/mol. The van der Waals surface area contributed by atoms with Crippen molar-refractivity contribution in [3.8, 4) is 0 Å². The number of hydrogen-bond donors (Lipinski definition) is 1. The van der Waals surface area contributed by atoms with Crippen LogP contribution in [0.3, 0.4) is 0 Å². The Hall–Kier alpha value is 0.130. The zero-order chi connectivity index (χ0) is 12.4. The van der Waals surface area contributed by atoms with Gasteiger partial charge in [-0.1, -0.05) is 17.7 Å². The molecule has 0 aliphatic carbocycles. The van der Waals surface area contributed by atoms with Crippen LogP contribution in [0.1, 0.15) is 16.5 Å². The van der Waals surface area contributed by atoms with Crippen molar-refractivity contribution >= 4 is 54.8 Å². The maximum atomic E-state index is 6.18. The highest BCUT2D eigenvalue weighted by Gasteiger charge is 2.10. The Bertz CT molecular complexity index is 527. The largest absolute Gasteiger partial charge is 0.324 e. The first-order valence-corrected chi connectivity index (χ1v) is 7.79. The fourth-order valence-electron chi connectivity index (χ4n) is 1.54. The summed E-state index contributed by atoms with van der Waals surface area (Å²) in [6.45, 7) is 0. The summed E-state index contributed by atoms with van der Waals surface area (Å²) in [7, 11) is 0. The third kappa shape index (κ3) is 3.55. The smallest absolute Gasteiger partial charge is 0.0701 e. The number of benzene rings is 1. The Labute approximate surface area is 126 Å². The summed E-state index contributed by atoms with van der Waals surface area (Å²) in [4.78, 5) is 1.27. The van der Waals surface area contributed by atoms with Crippen molar-refractivity contribution in [1.29, 1.82) is 0 Å². The van der Waals surface area contributed by atoms with Gasteiger partial charge < -0.3 is 5.73 Å². The minimum Gasteiger partial charge on any atom is -0.324 e. The van der Waals surface area contributed by atoms with Crippen LogP contribution in [0.4, 0.5) is 0 Å². The summed E-state index contributed by atoms with van der Waals surface area (Å²) < 4.78 is 2.02. The van der Waals surface area contributed by atoms with Gasteiger partial charge >= 0.3 is 0 Å². The first-order chi connectivity index (χ1) is 8.06. The van der Waals surface area contributed by atoms with E-state index in [9.17, 15) is 0 Å². The first-order valence-electron chi connectivity index (χ1n) is 5.01. The maximum Gasteiger partial charge on any atom is 0.0701 e. The Morgan fingerprint density at radius 1 is 1.24 bits per heavy atom. The van der Waals surface area contributed by atoms with Gasteiger partial charge in [-0.25, -0.2) is 0 Å². The van der Waals surface area contributed by atoms with Crippen molar-refractivity contribution in [1.82, 2.24) is 0 Å². The average Bonchev–Trinajstić information content (AvgIpc) is 2.68. The summed E-state index contributed by atoms with van der Waals surface area (Å²) in [5.74, 6) is 0. The van der Waals surface area contributed by atoms with Gasteiger partial charge in [-0.2, -0.15) is 0 Å². The molecule has 1 nitrogen and oxygen atoms in total. The highest BCUT2D eigenvalue weighted by molar-refractivity contribution is 9.11. The van der Waals surface area contributed by atoms with Crippen LogP contribution in [0.2, 0.25) is 5.02 Å². The number of hydrogen-bond acceptors (Lipinski definition) is 2. The molecule has 0 radical (unpaired) electrons. The Morgan fingerprint density at radius 3 is 2.59 bits per heavy atom. The predicted octanol–water partition coefficient (Wildman–Crippen LogP) is 5.17. The topological polar surface area (TPSA) is 26.0 Å². The fourth-order valence-corrected chi connectivity index (χ4v) is 3.59. The van der Waals surface area contributed by atoms with Crippen LogP contribution in [0, 0.1) is 0 Å². The molecule has 0 fully saturated rings. The lowest BCUT2D eigenvalue weighted by molar-refractivity contribution is 0.730. The second-order valence-corrected chi connectivity index (χ2v) is 7.50. The molecule has 1 aromatic carbocycles. The molecule has 5 heteroatoms. The number of nitrogens with two attached hydrogens (primary N) is 1. The molecule has 2 N–H and O–H groups in total. The Balaban J connectivity index is 2.14. The van der Waals surface area contributed by atoms with Gasteiger partial charge in [-0.15, -0.1) is 11.3 Å². The van der Waals surface area contributed by atoms with E-state index >= 15 is 0 Å². The SMILES string of the molecule is NC(Cc1ccc(Br)s1)c1ccc(Cl)c(Br)c1. The van der Waals surface area contributed by atoms with Crippen molar-refractivity contribution in [2.75, 3.05) is 0 Å². The normalized spacial score (nSPS) is 12.7. The molecule has 90 valence electrons. The standard InChI is InChI=1S/C12H10Br2ClNS/c13-9-5-7(1-3-10(9)15)11(16)6-8-2-4-12(14)17-8/h1-5,11H,6,16H2. The van der Waals surface area contributed by atoms with E-state index in [-0.39, 0.29) is 6.04 Å². The highest BCUT2D eigenvalue weighted by atomic mass is 79.9. The summed E-state index contributed by atoms with van der Waals surface area (Å²) >= 11 is 14.5. The third-order valence-corrected chi connectivity index (χ3v) is 5.28. The molecule has 0 amide bonds. The van der Waals surface area contributed by atoms with Crippen molar-refractivity contribution < 1.29 is 0 Å². The monoisotopic (exact) mass is 393 g/mol. The molecule has 0 bridgehead atoms. The van der Waals surface area contributed by atoms with Crippen molar-refractivity contribution in [2.24, 2.45) is 5.73 Å². The van der Waals surface area contributed by atoms with Crippen molar-refractivity contribution in [3.63, 3.8) is 0 Å². The van der Waals surface area contributed by atoms with E-state index in [1.165, 1.54) is 4.88 Å². The molecular weight excluding hydrogens is 385 g/mol. The lowest BCUT2D eigenvalue weighted by Crippen LogP contribution is -2.12. The summed E-state index contributed by atoms with van der Waals surface area (Å²) in [5.41, 5.74) is 7.27. The van der Waals surface area contributed by atoms with Gasteiger partial charge in [0.2, 0.25) is 0 Å². The maximum absolute atomic E-state index is 6.18. The van der Waals surface area contributed by atoms with E-state index in [0.29, 0.717) is 5.02 Å². The van der Waals surface area contributed by atoms with Crippen molar-refractivity contribution in [3.05, 3.63) is 54.1 Å². The van der Waals surface area contributed by atoms with Gasteiger partial charge in [0.1, 0.15) is 0 Å². The van der Waals surface area contributed by atoms with Gasteiger partial charge in [0.05, 0.1) is 8.81 Å². The van der Waals surface area contributed by atoms with Gasteiger partial charge in [0.15, 0.2) is 0 Å². The van der Waals surface area contributed by atoms with Crippen LogP contribution in [0.25, 0.3) is 0 Å².